The Hall–Kier alpha value is -1.85. The second kappa shape index (κ2) is 9.96. The first-order valence-electron chi connectivity index (χ1n) is 7.25. The molecule has 6 heteroatoms. The van der Waals surface area contributed by atoms with E-state index in [4.69, 9.17) is 10.5 Å². The molecular weight excluding hydrogens is 276 g/mol. The number of nitrogens with two attached hydrogens (primary N) is 1. The summed E-state index contributed by atoms with van der Waals surface area (Å²) in [6.07, 6.45) is 4.60. The van der Waals surface area contributed by atoms with Crippen molar-refractivity contribution in [2.45, 2.75) is 32.6 Å². The lowest BCUT2D eigenvalue weighted by Crippen LogP contribution is -2.34. The molecule has 0 aliphatic carbocycles. The van der Waals surface area contributed by atoms with Gasteiger partial charge in [0.2, 0.25) is 0 Å². The third-order valence-electron chi connectivity index (χ3n) is 2.86. The molecule has 0 aromatic heterocycles. The molecule has 118 valence electrons. The lowest BCUT2D eigenvalue weighted by atomic mass is 10.2. The molecule has 0 radical (unpaired) electrons. The fourth-order valence-electron chi connectivity index (χ4n) is 1.71. The normalized spacial score (nSPS) is 11.5. The van der Waals surface area contributed by atoms with E-state index in [-0.39, 0.29) is 12.4 Å². The number of nitrogens with one attached hydrogen (secondary N) is 1. The van der Waals surface area contributed by atoms with Gasteiger partial charge >= 0.3 is 0 Å². The van der Waals surface area contributed by atoms with Crippen molar-refractivity contribution in [3.05, 3.63) is 29.8 Å². The average Bonchev–Trinajstić information content (AvgIpc) is 2.47. The van der Waals surface area contributed by atoms with Crippen LogP contribution in [0.1, 0.15) is 32.6 Å². The fourth-order valence-corrected chi connectivity index (χ4v) is 1.71. The maximum absolute atomic E-state index is 12.9. The van der Waals surface area contributed by atoms with Gasteiger partial charge in [0.05, 0.1) is 6.54 Å². The standard InChI is InChI=1S/C15H23F2N3O/c1-2-3-4-5-8-19-15(18)20-9-10-21-12-6-7-13(16)14(17)11-12/h6-7,11H,2-5,8-10H2,1H3,(H3,18,19,20). The highest BCUT2D eigenvalue weighted by Gasteiger charge is 2.02. The molecule has 0 saturated heterocycles. The SMILES string of the molecule is CCCCCCN=C(N)NCCOc1ccc(F)c(F)c1. The first kappa shape index (κ1) is 17.2. The minimum Gasteiger partial charge on any atom is -0.492 e. The summed E-state index contributed by atoms with van der Waals surface area (Å²) in [5.74, 6) is -1.15. The summed E-state index contributed by atoms with van der Waals surface area (Å²) in [5.41, 5.74) is 5.69. The molecule has 0 spiro atoms. The predicted molar refractivity (Wildman–Crippen MR) is 80.5 cm³/mol. The molecule has 0 atom stereocenters. The van der Waals surface area contributed by atoms with Gasteiger partial charge in [0.15, 0.2) is 17.6 Å². The summed E-state index contributed by atoms with van der Waals surface area (Å²) in [6.45, 7) is 3.61. The quantitative estimate of drug-likeness (QED) is 0.419. The molecule has 3 N–H and O–H groups in total. The molecule has 4 nitrogen and oxygen atoms in total. The van der Waals surface area contributed by atoms with Crippen molar-refractivity contribution in [1.29, 1.82) is 0 Å². The summed E-state index contributed by atoms with van der Waals surface area (Å²) >= 11 is 0. The number of rotatable bonds is 9. The number of guanidine groups is 1. The number of hydrogen-bond donors (Lipinski definition) is 2. The molecule has 1 aromatic carbocycles. The van der Waals surface area contributed by atoms with Crippen LogP contribution in [0.4, 0.5) is 8.78 Å². The van der Waals surface area contributed by atoms with Crippen molar-refractivity contribution < 1.29 is 13.5 Å². The van der Waals surface area contributed by atoms with Crippen LogP contribution in [0, 0.1) is 11.6 Å². The van der Waals surface area contributed by atoms with Gasteiger partial charge < -0.3 is 15.8 Å². The predicted octanol–water partition coefficient (Wildman–Crippen LogP) is 2.83. The van der Waals surface area contributed by atoms with Gasteiger partial charge in [-0.2, -0.15) is 0 Å². The maximum Gasteiger partial charge on any atom is 0.188 e. The van der Waals surface area contributed by atoms with E-state index in [0.29, 0.717) is 19.0 Å². The first-order valence-corrected chi connectivity index (χ1v) is 7.25. The van der Waals surface area contributed by atoms with E-state index in [1.165, 1.54) is 18.9 Å². The Morgan fingerprint density at radius 1 is 1.24 bits per heavy atom. The molecular formula is C15H23F2N3O. The molecule has 0 saturated carbocycles. The molecule has 0 heterocycles. The van der Waals surface area contributed by atoms with E-state index in [1.807, 2.05) is 0 Å². The van der Waals surface area contributed by atoms with Gasteiger partial charge in [-0.1, -0.05) is 26.2 Å². The van der Waals surface area contributed by atoms with Crippen LogP contribution in [0.3, 0.4) is 0 Å². The molecule has 21 heavy (non-hydrogen) atoms. The number of benzene rings is 1. The first-order chi connectivity index (χ1) is 10.1. The molecule has 0 unspecified atom stereocenters. The van der Waals surface area contributed by atoms with Crippen molar-refractivity contribution >= 4 is 5.96 Å². The van der Waals surface area contributed by atoms with Crippen LogP contribution >= 0.6 is 0 Å². The number of aliphatic imine (C=N–C) groups is 1. The molecule has 0 bridgehead atoms. The number of halogens is 2. The van der Waals surface area contributed by atoms with E-state index in [9.17, 15) is 8.78 Å². The zero-order chi connectivity index (χ0) is 15.5. The Bertz CT molecular complexity index is 453. The van der Waals surface area contributed by atoms with Gasteiger partial charge in [-0.05, 0) is 18.6 Å². The maximum atomic E-state index is 12.9. The third-order valence-corrected chi connectivity index (χ3v) is 2.86. The Labute approximate surface area is 124 Å². The molecule has 0 aliphatic heterocycles. The van der Waals surface area contributed by atoms with Crippen LogP contribution in [-0.4, -0.2) is 25.7 Å². The summed E-state index contributed by atoms with van der Waals surface area (Å²) in [5, 5.41) is 2.90. The van der Waals surface area contributed by atoms with Gasteiger partial charge in [0.25, 0.3) is 0 Å². The zero-order valence-corrected chi connectivity index (χ0v) is 12.4. The fraction of sp³-hybridized carbons (Fsp3) is 0.533. The smallest absolute Gasteiger partial charge is 0.188 e. The van der Waals surface area contributed by atoms with Gasteiger partial charge in [-0.3, -0.25) is 4.99 Å². The monoisotopic (exact) mass is 299 g/mol. The molecule has 1 rings (SSSR count). The third kappa shape index (κ3) is 7.48. The summed E-state index contributed by atoms with van der Waals surface area (Å²) < 4.78 is 30.9. The average molecular weight is 299 g/mol. The Balaban J connectivity index is 2.15. The van der Waals surface area contributed by atoms with Gasteiger partial charge in [0.1, 0.15) is 12.4 Å². The van der Waals surface area contributed by atoms with Crippen molar-refractivity contribution in [2.75, 3.05) is 19.7 Å². The second-order valence-electron chi connectivity index (χ2n) is 4.68. The van der Waals surface area contributed by atoms with E-state index >= 15 is 0 Å². The van der Waals surface area contributed by atoms with E-state index in [1.54, 1.807) is 0 Å². The zero-order valence-electron chi connectivity index (χ0n) is 12.4. The Morgan fingerprint density at radius 3 is 2.76 bits per heavy atom. The van der Waals surface area contributed by atoms with Crippen LogP contribution in [0.15, 0.2) is 23.2 Å². The highest BCUT2D eigenvalue weighted by molar-refractivity contribution is 5.77. The Kier molecular flexibility index (Phi) is 8.16. The van der Waals surface area contributed by atoms with Crippen molar-refractivity contribution in [3.63, 3.8) is 0 Å². The van der Waals surface area contributed by atoms with E-state index in [0.717, 1.165) is 25.0 Å². The number of ether oxygens (including phenoxy) is 1. The molecule has 1 aromatic rings. The molecule has 0 fully saturated rings. The minimum absolute atomic E-state index is 0.283. The highest BCUT2D eigenvalue weighted by atomic mass is 19.2. The Morgan fingerprint density at radius 2 is 2.05 bits per heavy atom. The van der Waals surface area contributed by atoms with Crippen LogP contribution in [-0.2, 0) is 0 Å². The topological polar surface area (TPSA) is 59.6 Å². The molecule has 0 amide bonds. The largest absolute Gasteiger partial charge is 0.492 e. The van der Waals surface area contributed by atoms with Gasteiger partial charge in [0, 0.05) is 12.6 Å². The van der Waals surface area contributed by atoms with E-state index < -0.39 is 11.6 Å². The van der Waals surface area contributed by atoms with Crippen molar-refractivity contribution in [2.24, 2.45) is 10.7 Å². The van der Waals surface area contributed by atoms with Crippen LogP contribution in [0.5, 0.6) is 5.75 Å². The van der Waals surface area contributed by atoms with Gasteiger partial charge in [-0.15, -0.1) is 0 Å². The lowest BCUT2D eigenvalue weighted by molar-refractivity contribution is 0.319. The van der Waals surface area contributed by atoms with Crippen molar-refractivity contribution in [3.8, 4) is 5.75 Å². The van der Waals surface area contributed by atoms with Gasteiger partial charge in [-0.25, -0.2) is 8.78 Å². The number of hydrogen-bond acceptors (Lipinski definition) is 2. The summed E-state index contributed by atoms with van der Waals surface area (Å²) in [4.78, 5) is 4.18. The highest BCUT2D eigenvalue weighted by Crippen LogP contribution is 2.14. The van der Waals surface area contributed by atoms with Crippen molar-refractivity contribution in [1.82, 2.24) is 5.32 Å². The lowest BCUT2D eigenvalue weighted by Gasteiger charge is -2.08. The number of unbranched alkanes of at least 4 members (excludes halogenated alkanes) is 3. The summed E-state index contributed by atoms with van der Waals surface area (Å²) in [6, 6.07) is 3.42. The minimum atomic E-state index is -0.923. The van der Waals surface area contributed by atoms with Crippen LogP contribution in [0.25, 0.3) is 0 Å². The molecule has 0 aliphatic rings. The number of nitrogens with zero attached hydrogens (tertiary/aromatic N) is 1. The van der Waals surface area contributed by atoms with Crippen LogP contribution < -0.4 is 15.8 Å². The summed E-state index contributed by atoms with van der Waals surface area (Å²) in [7, 11) is 0. The van der Waals surface area contributed by atoms with E-state index in [2.05, 4.69) is 17.2 Å². The second-order valence-corrected chi connectivity index (χ2v) is 4.68. The van der Waals surface area contributed by atoms with Crippen LogP contribution in [0.2, 0.25) is 0 Å².